The molecule has 1 amide bonds. The largest absolute Gasteiger partial charge is 0.290 e. The van der Waals surface area contributed by atoms with E-state index in [2.05, 4.69) is 21.0 Å². The van der Waals surface area contributed by atoms with Crippen LogP contribution in [-0.2, 0) is 13.6 Å². The molecule has 23 heavy (non-hydrogen) atoms. The van der Waals surface area contributed by atoms with Crippen LogP contribution in [0.5, 0.6) is 0 Å². The number of hydrogen-bond donors (Lipinski definition) is 2. The van der Waals surface area contributed by atoms with E-state index in [9.17, 15) is 9.59 Å². The lowest BCUT2D eigenvalue weighted by Gasteiger charge is -2.09. The quantitative estimate of drug-likeness (QED) is 0.767. The smallest absolute Gasteiger partial charge is 0.281 e. The Morgan fingerprint density at radius 3 is 2.78 bits per heavy atom. The highest BCUT2D eigenvalue weighted by molar-refractivity contribution is 5.92. The number of hydrazine groups is 1. The number of carbonyl (C=O) groups excluding carboxylic acids is 1. The first-order valence-corrected chi connectivity index (χ1v) is 7.06. The Morgan fingerprint density at radius 1 is 1.39 bits per heavy atom. The Kier molecular flexibility index (Phi) is 4.75. The Labute approximate surface area is 132 Å². The van der Waals surface area contributed by atoms with Crippen LogP contribution >= 0.6 is 0 Å². The lowest BCUT2D eigenvalue weighted by molar-refractivity contribution is 0.0955. The van der Waals surface area contributed by atoms with E-state index in [1.807, 2.05) is 13.0 Å². The zero-order valence-corrected chi connectivity index (χ0v) is 13.1. The Bertz CT molecular complexity index is 829. The van der Waals surface area contributed by atoms with E-state index >= 15 is 0 Å². The molecular formula is C14H17N7O2. The molecule has 0 aliphatic carbocycles. The molecule has 0 fully saturated rings. The number of carbonyl (C=O) groups is 1. The lowest BCUT2D eigenvalue weighted by Crippen LogP contribution is -2.33. The molecule has 0 aliphatic rings. The van der Waals surface area contributed by atoms with E-state index in [0.717, 1.165) is 6.42 Å². The highest BCUT2D eigenvalue weighted by Crippen LogP contribution is 2.16. The summed E-state index contributed by atoms with van der Waals surface area (Å²) in [6.07, 6.45) is 0.732. The summed E-state index contributed by atoms with van der Waals surface area (Å²) in [5.41, 5.74) is 5.86. The molecule has 0 spiro atoms. The molecule has 0 aliphatic heterocycles. The Hall–Kier alpha value is -3.15. The average molecular weight is 315 g/mol. The summed E-state index contributed by atoms with van der Waals surface area (Å²) < 4.78 is 2.70. The van der Waals surface area contributed by atoms with Crippen molar-refractivity contribution in [1.29, 1.82) is 5.26 Å². The zero-order chi connectivity index (χ0) is 17.0. The normalized spacial score (nSPS) is 10.2. The number of aromatic nitrogens is 4. The molecule has 0 radical (unpaired) electrons. The number of anilines is 1. The third-order valence-corrected chi connectivity index (χ3v) is 3.16. The second-order valence-corrected chi connectivity index (χ2v) is 4.90. The molecule has 2 rings (SSSR count). The van der Waals surface area contributed by atoms with Crippen LogP contribution in [0.25, 0.3) is 0 Å². The van der Waals surface area contributed by atoms with Gasteiger partial charge in [0.1, 0.15) is 11.6 Å². The van der Waals surface area contributed by atoms with Gasteiger partial charge in [0.15, 0.2) is 11.5 Å². The number of rotatable bonds is 5. The summed E-state index contributed by atoms with van der Waals surface area (Å²) in [5.74, 6) is -0.141. The highest BCUT2D eigenvalue weighted by Gasteiger charge is 2.15. The molecule has 0 atom stereocenters. The van der Waals surface area contributed by atoms with E-state index in [-0.39, 0.29) is 11.3 Å². The minimum Gasteiger partial charge on any atom is -0.281 e. The molecule has 0 aromatic carbocycles. The average Bonchev–Trinajstić information content (AvgIpc) is 2.80. The summed E-state index contributed by atoms with van der Waals surface area (Å²) in [5, 5.41) is 17.2. The van der Waals surface area contributed by atoms with Gasteiger partial charge in [-0.15, -0.1) is 0 Å². The topological polar surface area (TPSA) is 118 Å². The maximum atomic E-state index is 12.1. The summed E-state index contributed by atoms with van der Waals surface area (Å²) in [6, 6.07) is 4.67. The van der Waals surface area contributed by atoms with Gasteiger partial charge in [0.2, 0.25) is 0 Å². The Balaban J connectivity index is 2.16. The monoisotopic (exact) mass is 315 g/mol. The van der Waals surface area contributed by atoms with Crippen LogP contribution in [0, 0.1) is 18.3 Å². The summed E-state index contributed by atoms with van der Waals surface area (Å²) in [4.78, 5) is 23.7. The van der Waals surface area contributed by atoms with E-state index in [1.54, 1.807) is 14.0 Å². The van der Waals surface area contributed by atoms with E-state index in [1.165, 1.54) is 21.5 Å². The summed E-state index contributed by atoms with van der Waals surface area (Å²) in [6.45, 7) is 4.05. The second kappa shape index (κ2) is 6.74. The van der Waals surface area contributed by atoms with Gasteiger partial charge in [-0.25, -0.2) is 4.68 Å². The summed E-state index contributed by atoms with van der Waals surface area (Å²) in [7, 11) is 1.65. The molecule has 0 bridgehead atoms. The molecule has 9 nitrogen and oxygen atoms in total. The number of nitrogens with one attached hydrogen (secondary N) is 2. The van der Waals surface area contributed by atoms with Gasteiger partial charge in [0.05, 0.1) is 5.69 Å². The SMILES string of the molecule is CCCn1nc(C(=O)NNc2c(C#N)c(C)nn2C)ccc1=O. The first-order chi connectivity index (χ1) is 11.0. The van der Waals surface area contributed by atoms with Crippen molar-refractivity contribution in [2.45, 2.75) is 26.8 Å². The van der Waals surface area contributed by atoms with Gasteiger partial charge in [-0.1, -0.05) is 6.92 Å². The molecular weight excluding hydrogens is 298 g/mol. The van der Waals surface area contributed by atoms with Crippen molar-refractivity contribution in [3.8, 4) is 6.07 Å². The fourth-order valence-corrected chi connectivity index (χ4v) is 2.06. The first kappa shape index (κ1) is 16.2. The van der Waals surface area contributed by atoms with Crippen LogP contribution in [-0.4, -0.2) is 25.5 Å². The molecule has 0 saturated carbocycles. The minimum atomic E-state index is -0.516. The predicted molar refractivity (Wildman–Crippen MR) is 82.5 cm³/mol. The standard InChI is InChI=1S/C14H17N7O2/c1-4-7-21-12(22)6-5-11(19-21)14(23)17-16-13-10(8-15)9(2)18-20(13)3/h5-6,16H,4,7H2,1-3H3,(H,17,23). The predicted octanol–water partition coefficient (Wildman–Crippen LogP) is 0.324. The van der Waals surface area contributed by atoms with E-state index in [4.69, 9.17) is 5.26 Å². The second-order valence-electron chi connectivity index (χ2n) is 4.90. The van der Waals surface area contributed by atoms with Crippen molar-refractivity contribution in [3.63, 3.8) is 0 Å². The minimum absolute atomic E-state index is 0.1000. The van der Waals surface area contributed by atoms with E-state index < -0.39 is 5.91 Å². The van der Waals surface area contributed by atoms with Gasteiger partial charge in [0.25, 0.3) is 11.5 Å². The van der Waals surface area contributed by atoms with Crippen molar-refractivity contribution in [2.75, 3.05) is 5.43 Å². The van der Waals surface area contributed by atoms with Crippen molar-refractivity contribution in [1.82, 2.24) is 25.0 Å². The summed E-state index contributed by atoms with van der Waals surface area (Å²) >= 11 is 0. The van der Waals surface area contributed by atoms with Gasteiger partial charge in [0, 0.05) is 19.7 Å². The van der Waals surface area contributed by atoms with Gasteiger partial charge < -0.3 is 0 Å². The van der Waals surface area contributed by atoms with Crippen molar-refractivity contribution in [2.24, 2.45) is 7.05 Å². The maximum Gasteiger partial charge on any atom is 0.290 e. The number of nitriles is 1. The zero-order valence-electron chi connectivity index (χ0n) is 13.1. The van der Waals surface area contributed by atoms with Crippen LogP contribution in [0.2, 0.25) is 0 Å². The molecule has 2 heterocycles. The molecule has 9 heteroatoms. The van der Waals surface area contributed by atoms with Gasteiger partial charge in [-0.2, -0.15) is 15.5 Å². The molecule has 0 unspecified atom stereocenters. The van der Waals surface area contributed by atoms with Crippen LogP contribution in [0.4, 0.5) is 5.82 Å². The van der Waals surface area contributed by atoms with Gasteiger partial charge in [-0.3, -0.25) is 25.1 Å². The molecule has 2 N–H and O–H groups in total. The van der Waals surface area contributed by atoms with Crippen LogP contribution in [0.3, 0.4) is 0 Å². The van der Waals surface area contributed by atoms with Crippen molar-refractivity contribution >= 4 is 11.7 Å². The van der Waals surface area contributed by atoms with Gasteiger partial charge in [-0.05, 0) is 19.4 Å². The van der Waals surface area contributed by atoms with Gasteiger partial charge >= 0.3 is 0 Å². The maximum absolute atomic E-state index is 12.1. The third kappa shape index (κ3) is 3.37. The van der Waals surface area contributed by atoms with Crippen molar-refractivity contribution in [3.05, 3.63) is 39.4 Å². The lowest BCUT2D eigenvalue weighted by atomic mass is 10.3. The van der Waals surface area contributed by atoms with Crippen LogP contribution in [0.15, 0.2) is 16.9 Å². The third-order valence-electron chi connectivity index (χ3n) is 3.16. The van der Waals surface area contributed by atoms with Crippen LogP contribution in [0.1, 0.15) is 35.1 Å². The first-order valence-electron chi connectivity index (χ1n) is 7.06. The number of aryl methyl sites for hydroxylation is 3. The highest BCUT2D eigenvalue weighted by atomic mass is 16.2. The molecule has 2 aromatic rings. The number of hydrogen-bond acceptors (Lipinski definition) is 6. The molecule has 0 saturated heterocycles. The molecule has 2 aromatic heterocycles. The Morgan fingerprint density at radius 2 is 2.13 bits per heavy atom. The van der Waals surface area contributed by atoms with Crippen molar-refractivity contribution < 1.29 is 4.79 Å². The molecule has 120 valence electrons. The fourth-order valence-electron chi connectivity index (χ4n) is 2.06. The number of nitrogens with zero attached hydrogens (tertiary/aromatic N) is 5. The van der Waals surface area contributed by atoms with Crippen LogP contribution < -0.4 is 16.4 Å². The van der Waals surface area contributed by atoms with E-state index in [0.29, 0.717) is 23.6 Å². The number of amides is 1. The fraction of sp³-hybridized carbons (Fsp3) is 0.357.